The van der Waals surface area contributed by atoms with Gasteiger partial charge in [-0.15, -0.1) is 11.8 Å². The summed E-state index contributed by atoms with van der Waals surface area (Å²) in [5.74, 6) is 0.863. The van der Waals surface area contributed by atoms with E-state index in [0.717, 1.165) is 17.7 Å². The van der Waals surface area contributed by atoms with E-state index in [9.17, 15) is 4.79 Å². The molecule has 0 fully saturated rings. The predicted molar refractivity (Wildman–Crippen MR) is 109 cm³/mol. The number of anilines is 1. The molecule has 3 unspecified atom stereocenters. The lowest BCUT2D eigenvalue weighted by molar-refractivity contribution is 0.0955. The Kier molecular flexibility index (Phi) is 4.77. The number of thioether (sulfide) groups is 1. The summed E-state index contributed by atoms with van der Waals surface area (Å²) < 4.78 is 0. The SMILES string of the molecule is CCNC(=O)c1ccc2c(c1)C1C=CCC1C(c1ccc(SC)cc1)N2. The molecule has 2 aromatic rings. The van der Waals surface area contributed by atoms with Crippen LogP contribution in [0, 0.1) is 5.92 Å². The first kappa shape index (κ1) is 17.2. The molecule has 0 aromatic heterocycles. The third-order valence-corrected chi connectivity index (χ3v) is 6.18. The van der Waals surface area contributed by atoms with Crippen LogP contribution in [0.25, 0.3) is 0 Å². The van der Waals surface area contributed by atoms with Gasteiger partial charge < -0.3 is 10.6 Å². The largest absolute Gasteiger partial charge is 0.378 e. The summed E-state index contributed by atoms with van der Waals surface area (Å²) in [5, 5.41) is 6.64. The number of hydrogen-bond donors (Lipinski definition) is 2. The molecule has 0 saturated heterocycles. The molecule has 3 atom stereocenters. The molecule has 0 spiro atoms. The minimum absolute atomic E-state index is 0.00334. The molecule has 4 heteroatoms. The van der Waals surface area contributed by atoms with Gasteiger partial charge in [0.25, 0.3) is 5.91 Å². The van der Waals surface area contributed by atoms with Crippen LogP contribution in [0.15, 0.2) is 59.5 Å². The van der Waals surface area contributed by atoms with Gasteiger partial charge in [-0.25, -0.2) is 0 Å². The molecule has 2 N–H and O–H groups in total. The normalized spacial score (nSPS) is 23.1. The van der Waals surface area contributed by atoms with Gasteiger partial charge in [-0.2, -0.15) is 0 Å². The maximum Gasteiger partial charge on any atom is 0.251 e. The number of amides is 1. The fourth-order valence-electron chi connectivity index (χ4n) is 4.14. The second kappa shape index (κ2) is 7.20. The minimum Gasteiger partial charge on any atom is -0.378 e. The van der Waals surface area contributed by atoms with Crippen LogP contribution in [0.3, 0.4) is 0 Å². The molecule has 0 radical (unpaired) electrons. The number of nitrogens with one attached hydrogen (secondary N) is 2. The van der Waals surface area contributed by atoms with Gasteiger partial charge in [-0.1, -0.05) is 24.3 Å². The topological polar surface area (TPSA) is 41.1 Å². The smallest absolute Gasteiger partial charge is 0.251 e. The zero-order chi connectivity index (χ0) is 18.1. The second-order valence-corrected chi connectivity index (χ2v) is 7.79. The fourth-order valence-corrected chi connectivity index (χ4v) is 4.55. The van der Waals surface area contributed by atoms with E-state index >= 15 is 0 Å². The van der Waals surface area contributed by atoms with Gasteiger partial charge in [0.15, 0.2) is 0 Å². The lowest BCUT2D eigenvalue weighted by Crippen LogP contribution is -2.30. The van der Waals surface area contributed by atoms with Crippen molar-refractivity contribution >= 4 is 23.4 Å². The van der Waals surface area contributed by atoms with E-state index in [2.05, 4.69) is 65.4 Å². The third-order valence-electron chi connectivity index (χ3n) is 5.44. The van der Waals surface area contributed by atoms with Crippen molar-refractivity contribution in [3.8, 4) is 0 Å². The summed E-state index contributed by atoms with van der Waals surface area (Å²) >= 11 is 1.77. The van der Waals surface area contributed by atoms with Crippen molar-refractivity contribution in [2.45, 2.75) is 30.2 Å². The maximum atomic E-state index is 12.2. The highest BCUT2D eigenvalue weighted by Gasteiger charge is 2.38. The van der Waals surface area contributed by atoms with Gasteiger partial charge in [-0.3, -0.25) is 4.79 Å². The Hall–Kier alpha value is -2.20. The zero-order valence-corrected chi connectivity index (χ0v) is 16.0. The van der Waals surface area contributed by atoms with Gasteiger partial charge in [0.1, 0.15) is 0 Å². The summed E-state index contributed by atoms with van der Waals surface area (Å²) in [6.45, 7) is 2.59. The zero-order valence-electron chi connectivity index (χ0n) is 15.2. The Morgan fingerprint density at radius 1 is 1.23 bits per heavy atom. The van der Waals surface area contributed by atoms with Crippen molar-refractivity contribution in [2.24, 2.45) is 5.92 Å². The lowest BCUT2D eigenvalue weighted by Gasteiger charge is -2.37. The van der Waals surface area contributed by atoms with Crippen LogP contribution in [0.2, 0.25) is 0 Å². The van der Waals surface area contributed by atoms with Crippen LogP contribution in [-0.4, -0.2) is 18.7 Å². The molecule has 3 nitrogen and oxygen atoms in total. The highest BCUT2D eigenvalue weighted by Crippen LogP contribution is 2.50. The van der Waals surface area contributed by atoms with Crippen molar-refractivity contribution in [1.29, 1.82) is 0 Å². The molecule has 0 saturated carbocycles. The number of hydrogen-bond acceptors (Lipinski definition) is 3. The van der Waals surface area contributed by atoms with Crippen molar-refractivity contribution in [3.05, 3.63) is 71.3 Å². The van der Waals surface area contributed by atoms with Gasteiger partial charge in [0, 0.05) is 28.6 Å². The molecule has 4 rings (SSSR count). The number of benzene rings is 2. The summed E-state index contributed by atoms with van der Waals surface area (Å²) in [5.41, 5.74) is 4.46. The monoisotopic (exact) mass is 364 g/mol. The number of rotatable bonds is 4. The van der Waals surface area contributed by atoms with E-state index in [1.165, 1.54) is 16.0 Å². The molecular formula is C22H24N2OS. The van der Waals surface area contributed by atoms with Gasteiger partial charge >= 0.3 is 0 Å². The van der Waals surface area contributed by atoms with Crippen LogP contribution in [0.1, 0.15) is 46.8 Å². The molecule has 1 aliphatic carbocycles. The molecule has 2 aliphatic rings. The van der Waals surface area contributed by atoms with Crippen LogP contribution >= 0.6 is 11.8 Å². The van der Waals surface area contributed by atoms with Gasteiger partial charge in [-0.05, 0) is 67.0 Å². The molecule has 1 aliphatic heterocycles. The quantitative estimate of drug-likeness (QED) is 0.593. The molecule has 1 amide bonds. The van der Waals surface area contributed by atoms with Crippen LogP contribution in [0.5, 0.6) is 0 Å². The summed E-state index contributed by atoms with van der Waals surface area (Å²) in [6, 6.07) is 15.2. The second-order valence-electron chi connectivity index (χ2n) is 6.91. The molecule has 26 heavy (non-hydrogen) atoms. The Balaban J connectivity index is 1.68. The van der Waals surface area contributed by atoms with E-state index in [4.69, 9.17) is 0 Å². The highest BCUT2D eigenvalue weighted by molar-refractivity contribution is 7.98. The van der Waals surface area contributed by atoms with E-state index in [1.54, 1.807) is 11.8 Å². The average Bonchev–Trinajstić information content (AvgIpc) is 3.17. The Labute approximate surface area is 159 Å². The standard InChI is InChI=1S/C22H24N2OS/c1-3-23-22(25)15-9-12-20-19(13-15)17-5-4-6-18(17)21(24-20)14-7-10-16(26-2)11-8-14/h4-5,7-13,17-18,21,24H,3,6H2,1-2H3,(H,23,25). The Morgan fingerprint density at radius 2 is 2.04 bits per heavy atom. The fraction of sp³-hybridized carbons (Fsp3) is 0.318. The van der Waals surface area contributed by atoms with Crippen LogP contribution in [-0.2, 0) is 0 Å². The minimum atomic E-state index is 0.00334. The lowest BCUT2D eigenvalue weighted by atomic mass is 9.76. The predicted octanol–water partition coefficient (Wildman–Crippen LogP) is 4.98. The average molecular weight is 365 g/mol. The summed E-state index contributed by atoms with van der Waals surface area (Å²) in [7, 11) is 0. The molecule has 134 valence electrons. The van der Waals surface area contributed by atoms with E-state index < -0.39 is 0 Å². The number of allylic oxidation sites excluding steroid dienone is 2. The molecular weight excluding hydrogens is 340 g/mol. The molecule has 0 bridgehead atoms. The highest BCUT2D eigenvalue weighted by atomic mass is 32.2. The van der Waals surface area contributed by atoms with Crippen molar-refractivity contribution < 1.29 is 4.79 Å². The summed E-state index contributed by atoms with van der Waals surface area (Å²) in [4.78, 5) is 13.5. The van der Waals surface area contributed by atoms with Gasteiger partial charge in [0.2, 0.25) is 0 Å². The van der Waals surface area contributed by atoms with Gasteiger partial charge in [0.05, 0.1) is 6.04 Å². The van der Waals surface area contributed by atoms with Crippen LogP contribution < -0.4 is 10.6 Å². The molecule has 2 aromatic carbocycles. The third kappa shape index (κ3) is 3.03. The van der Waals surface area contributed by atoms with E-state index in [-0.39, 0.29) is 5.91 Å². The number of fused-ring (bicyclic) bond motifs is 3. The molecule has 1 heterocycles. The first-order valence-electron chi connectivity index (χ1n) is 9.20. The summed E-state index contributed by atoms with van der Waals surface area (Å²) in [6.07, 6.45) is 7.77. The Bertz CT molecular complexity index is 844. The first-order chi connectivity index (χ1) is 12.7. The van der Waals surface area contributed by atoms with Crippen LogP contribution in [0.4, 0.5) is 5.69 Å². The van der Waals surface area contributed by atoms with Crippen molar-refractivity contribution in [2.75, 3.05) is 18.1 Å². The van der Waals surface area contributed by atoms with Crippen molar-refractivity contribution in [3.63, 3.8) is 0 Å². The maximum absolute atomic E-state index is 12.2. The van der Waals surface area contributed by atoms with Crippen molar-refractivity contribution in [1.82, 2.24) is 5.32 Å². The Morgan fingerprint density at radius 3 is 2.77 bits per heavy atom. The number of carbonyl (C=O) groups excluding carboxylic acids is 1. The van der Waals surface area contributed by atoms with E-state index in [1.807, 2.05) is 13.0 Å². The first-order valence-corrected chi connectivity index (χ1v) is 10.4. The van der Waals surface area contributed by atoms with E-state index in [0.29, 0.717) is 24.4 Å². The number of carbonyl (C=O) groups is 1.